The van der Waals surface area contributed by atoms with Crippen LogP contribution in [0.25, 0.3) is 0 Å². The molecule has 1 unspecified atom stereocenters. The standard InChI is InChI=1S/C9H12N4O/c1-2-9(14)12-5-3-8(7-12)13-6-4-10-11-13/h2,4,6,8H,1,3,5,7H2. The van der Waals surface area contributed by atoms with Crippen molar-refractivity contribution in [3.05, 3.63) is 25.0 Å². The van der Waals surface area contributed by atoms with E-state index in [1.54, 1.807) is 15.8 Å². The first-order valence-electron chi connectivity index (χ1n) is 4.58. The Kier molecular flexibility index (Phi) is 2.30. The molecule has 2 heterocycles. The van der Waals surface area contributed by atoms with Crippen LogP contribution in [0.4, 0.5) is 0 Å². The number of carbonyl (C=O) groups is 1. The van der Waals surface area contributed by atoms with E-state index in [-0.39, 0.29) is 11.9 Å². The van der Waals surface area contributed by atoms with Crippen LogP contribution in [-0.4, -0.2) is 38.9 Å². The van der Waals surface area contributed by atoms with E-state index in [0.717, 1.165) is 13.0 Å². The van der Waals surface area contributed by atoms with E-state index in [4.69, 9.17) is 0 Å². The number of nitrogens with zero attached hydrogens (tertiary/aromatic N) is 4. The number of rotatable bonds is 2. The van der Waals surface area contributed by atoms with E-state index in [1.807, 2.05) is 6.20 Å². The second-order valence-electron chi connectivity index (χ2n) is 3.31. The van der Waals surface area contributed by atoms with E-state index in [0.29, 0.717) is 6.54 Å². The lowest BCUT2D eigenvalue weighted by molar-refractivity contribution is -0.125. The van der Waals surface area contributed by atoms with Gasteiger partial charge in [-0.25, -0.2) is 4.68 Å². The molecule has 0 aliphatic carbocycles. The fourth-order valence-corrected chi connectivity index (χ4v) is 1.70. The van der Waals surface area contributed by atoms with Crippen molar-refractivity contribution < 1.29 is 4.79 Å². The molecule has 0 bridgehead atoms. The van der Waals surface area contributed by atoms with E-state index >= 15 is 0 Å². The third-order valence-electron chi connectivity index (χ3n) is 2.46. The molecule has 1 amide bonds. The van der Waals surface area contributed by atoms with Gasteiger partial charge in [0.2, 0.25) is 5.91 Å². The zero-order chi connectivity index (χ0) is 9.97. The average Bonchev–Trinajstić information content (AvgIpc) is 2.86. The van der Waals surface area contributed by atoms with Gasteiger partial charge in [0.15, 0.2) is 0 Å². The van der Waals surface area contributed by atoms with E-state index in [1.165, 1.54) is 6.08 Å². The van der Waals surface area contributed by atoms with Gasteiger partial charge in [0.1, 0.15) is 0 Å². The topological polar surface area (TPSA) is 51.0 Å². The van der Waals surface area contributed by atoms with Crippen molar-refractivity contribution in [2.24, 2.45) is 0 Å². The number of aromatic nitrogens is 3. The highest BCUT2D eigenvalue weighted by Crippen LogP contribution is 2.20. The Labute approximate surface area is 82.0 Å². The zero-order valence-electron chi connectivity index (χ0n) is 7.83. The SMILES string of the molecule is C=CC(=O)N1CCC(n2ccnn2)C1. The van der Waals surface area contributed by atoms with Crippen LogP contribution in [0.5, 0.6) is 0 Å². The molecular formula is C9H12N4O. The van der Waals surface area contributed by atoms with Crippen molar-refractivity contribution in [2.45, 2.75) is 12.5 Å². The lowest BCUT2D eigenvalue weighted by atomic mass is 10.3. The van der Waals surface area contributed by atoms with E-state index < -0.39 is 0 Å². The van der Waals surface area contributed by atoms with Gasteiger partial charge in [-0.2, -0.15) is 0 Å². The van der Waals surface area contributed by atoms with Crippen molar-refractivity contribution in [1.82, 2.24) is 19.9 Å². The summed E-state index contributed by atoms with van der Waals surface area (Å²) < 4.78 is 1.80. The molecule has 14 heavy (non-hydrogen) atoms. The molecule has 1 atom stereocenters. The van der Waals surface area contributed by atoms with Crippen LogP contribution in [0.15, 0.2) is 25.0 Å². The highest BCUT2D eigenvalue weighted by molar-refractivity contribution is 5.87. The summed E-state index contributed by atoms with van der Waals surface area (Å²) in [6.07, 6.45) is 5.76. The van der Waals surface area contributed by atoms with Crippen LogP contribution < -0.4 is 0 Å². The Morgan fingerprint density at radius 1 is 1.64 bits per heavy atom. The van der Waals surface area contributed by atoms with Gasteiger partial charge in [0.05, 0.1) is 12.2 Å². The molecule has 1 saturated heterocycles. The van der Waals surface area contributed by atoms with Crippen LogP contribution in [0.2, 0.25) is 0 Å². The molecule has 0 spiro atoms. The molecule has 5 nitrogen and oxygen atoms in total. The maximum absolute atomic E-state index is 11.3. The minimum absolute atomic E-state index is 0.00684. The molecule has 2 rings (SSSR count). The fourth-order valence-electron chi connectivity index (χ4n) is 1.70. The minimum Gasteiger partial charge on any atom is -0.337 e. The van der Waals surface area contributed by atoms with Crippen LogP contribution in [-0.2, 0) is 4.79 Å². The Bertz CT molecular complexity index is 333. The lowest BCUT2D eigenvalue weighted by Gasteiger charge is -2.13. The highest BCUT2D eigenvalue weighted by Gasteiger charge is 2.26. The molecule has 0 radical (unpaired) electrons. The average molecular weight is 192 g/mol. The molecule has 74 valence electrons. The monoisotopic (exact) mass is 192 g/mol. The third kappa shape index (κ3) is 1.53. The second kappa shape index (κ2) is 3.61. The summed E-state index contributed by atoms with van der Waals surface area (Å²) in [6.45, 7) is 4.94. The van der Waals surface area contributed by atoms with Crippen LogP contribution in [0, 0.1) is 0 Å². The van der Waals surface area contributed by atoms with Gasteiger partial charge in [0.25, 0.3) is 0 Å². The number of amides is 1. The van der Waals surface area contributed by atoms with Gasteiger partial charge in [0, 0.05) is 19.3 Å². The number of likely N-dealkylation sites (tertiary alicyclic amines) is 1. The van der Waals surface area contributed by atoms with Crippen molar-refractivity contribution in [1.29, 1.82) is 0 Å². The molecular weight excluding hydrogens is 180 g/mol. The molecule has 1 aliphatic rings. The maximum Gasteiger partial charge on any atom is 0.246 e. The summed E-state index contributed by atoms with van der Waals surface area (Å²) in [6, 6.07) is 0.265. The number of hydrogen-bond acceptors (Lipinski definition) is 3. The van der Waals surface area contributed by atoms with Gasteiger partial charge in [-0.1, -0.05) is 11.8 Å². The number of carbonyl (C=O) groups excluding carboxylic acids is 1. The summed E-state index contributed by atoms with van der Waals surface area (Å²) >= 11 is 0. The van der Waals surface area contributed by atoms with Crippen molar-refractivity contribution in [2.75, 3.05) is 13.1 Å². The quantitative estimate of drug-likeness (QED) is 0.630. The van der Waals surface area contributed by atoms with Crippen LogP contribution >= 0.6 is 0 Å². The Hall–Kier alpha value is -1.65. The van der Waals surface area contributed by atoms with Gasteiger partial charge < -0.3 is 4.90 Å². The van der Waals surface area contributed by atoms with E-state index in [2.05, 4.69) is 16.9 Å². The Morgan fingerprint density at radius 2 is 2.50 bits per heavy atom. The molecule has 0 saturated carbocycles. The van der Waals surface area contributed by atoms with Crippen molar-refractivity contribution in [3.8, 4) is 0 Å². The summed E-state index contributed by atoms with van der Waals surface area (Å²) in [5, 5.41) is 7.67. The lowest BCUT2D eigenvalue weighted by Crippen LogP contribution is -2.27. The predicted molar refractivity (Wildman–Crippen MR) is 50.5 cm³/mol. The summed E-state index contributed by atoms with van der Waals surface area (Å²) in [7, 11) is 0. The Balaban J connectivity index is 2.02. The largest absolute Gasteiger partial charge is 0.337 e. The first-order valence-corrected chi connectivity index (χ1v) is 4.58. The third-order valence-corrected chi connectivity index (χ3v) is 2.46. The van der Waals surface area contributed by atoms with Gasteiger partial charge in [-0.15, -0.1) is 5.10 Å². The summed E-state index contributed by atoms with van der Waals surface area (Å²) in [5.74, 6) is -0.00684. The molecule has 1 aromatic rings. The van der Waals surface area contributed by atoms with Gasteiger partial charge in [-0.05, 0) is 12.5 Å². The molecule has 0 N–H and O–H groups in total. The van der Waals surface area contributed by atoms with Crippen LogP contribution in [0.3, 0.4) is 0 Å². The van der Waals surface area contributed by atoms with Crippen molar-refractivity contribution >= 4 is 5.91 Å². The molecule has 0 aromatic carbocycles. The predicted octanol–water partition coefficient (Wildman–Crippen LogP) is 0.237. The van der Waals surface area contributed by atoms with Crippen LogP contribution in [0.1, 0.15) is 12.5 Å². The van der Waals surface area contributed by atoms with E-state index in [9.17, 15) is 4.79 Å². The first kappa shape index (κ1) is 8.93. The second-order valence-corrected chi connectivity index (χ2v) is 3.31. The smallest absolute Gasteiger partial charge is 0.246 e. The normalized spacial score (nSPS) is 21.1. The number of hydrogen-bond donors (Lipinski definition) is 0. The van der Waals surface area contributed by atoms with Gasteiger partial charge in [-0.3, -0.25) is 4.79 Å². The molecule has 1 aliphatic heterocycles. The zero-order valence-corrected chi connectivity index (χ0v) is 7.83. The highest BCUT2D eigenvalue weighted by atomic mass is 16.2. The molecule has 5 heteroatoms. The fraction of sp³-hybridized carbons (Fsp3) is 0.444. The maximum atomic E-state index is 11.3. The molecule has 1 fully saturated rings. The summed E-state index contributed by atoms with van der Waals surface area (Å²) in [4.78, 5) is 13.1. The minimum atomic E-state index is -0.00684. The Morgan fingerprint density at radius 3 is 3.14 bits per heavy atom. The van der Waals surface area contributed by atoms with Gasteiger partial charge >= 0.3 is 0 Å². The van der Waals surface area contributed by atoms with Crippen molar-refractivity contribution in [3.63, 3.8) is 0 Å². The summed E-state index contributed by atoms with van der Waals surface area (Å²) in [5.41, 5.74) is 0. The molecule has 1 aromatic heterocycles. The first-order chi connectivity index (χ1) is 6.81.